The number of hydrogen-bond donors (Lipinski definition) is 0. The maximum absolute atomic E-state index is 13.6. The van der Waals surface area contributed by atoms with Gasteiger partial charge in [-0.3, -0.25) is 9.80 Å². The molecular formula is C20H22Cl2N4O. The average Bonchev–Trinajstić information content (AvgIpc) is 2.63. The molecule has 3 heterocycles. The Balaban J connectivity index is 1.79. The number of urea groups is 1. The first kappa shape index (κ1) is 18.5. The fourth-order valence-electron chi connectivity index (χ4n) is 4.01. The third-order valence-electron chi connectivity index (χ3n) is 5.47. The molecule has 5 nitrogen and oxygen atoms in total. The number of nitrogens with zero attached hydrogens (tertiary/aromatic N) is 4. The topological polar surface area (TPSA) is 39.7 Å². The summed E-state index contributed by atoms with van der Waals surface area (Å²) in [6.45, 7) is 4.34. The minimum atomic E-state index is -0.0458. The van der Waals surface area contributed by atoms with Crippen molar-refractivity contribution >= 4 is 40.6 Å². The van der Waals surface area contributed by atoms with E-state index in [1.165, 1.54) is 0 Å². The Hall–Kier alpha value is -1.82. The van der Waals surface area contributed by atoms with Crippen molar-refractivity contribution in [1.29, 1.82) is 0 Å². The van der Waals surface area contributed by atoms with Gasteiger partial charge in [0.15, 0.2) is 0 Å². The van der Waals surface area contributed by atoms with Gasteiger partial charge in [0.2, 0.25) is 0 Å². The molecule has 27 heavy (non-hydrogen) atoms. The zero-order valence-corrected chi connectivity index (χ0v) is 17.0. The number of rotatable bonds is 2. The lowest BCUT2D eigenvalue weighted by molar-refractivity contribution is 0.229. The number of amides is 2. The number of para-hydroxylation sites is 1. The Labute approximate surface area is 169 Å². The van der Waals surface area contributed by atoms with Gasteiger partial charge in [0.25, 0.3) is 0 Å². The van der Waals surface area contributed by atoms with E-state index in [9.17, 15) is 4.79 Å². The molecule has 1 saturated heterocycles. The van der Waals surface area contributed by atoms with Gasteiger partial charge in [0, 0.05) is 17.8 Å². The molecule has 0 spiro atoms. The molecule has 2 amide bonds. The van der Waals surface area contributed by atoms with Gasteiger partial charge in [-0.25, -0.2) is 9.78 Å². The molecule has 0 bridgehead atoms. The standard InChI is InChI=1S/C20H22Cl2N4O/c1-13-4-3-5-16(21)19(13)25-12-14-11-23-18(22)10-17(14)26(20(25)27)15-6-8-24(2)9-7-15/h3-5,10-11,15H,6-9,12H2,1-2H3. The molecule has 0 atom stereocenters. The van der Waals surface area contributed by atoms with Crippen LogP contribution >= 0.6 is 23.2 Å². The number of likely N-dealkylation sites (tertiary alicyclic amines) is 1. The molecule has 0 aliphatic carbocycles. The number of benzene rings is 1. The molecule has 4 rings (SSSR count). The lowest BCUT2D eigenvalue weighted by atomic mass is 10.00. The Morgan fingerprint density at radius 1 is 1.19 bits per heavy atom. The van der Waals surface area contributed by atoms with Gasteiger partial charge in [0.05, 0.1) is 22.9 Å². The highest BCUT2D eigenvalue weighted by Crippen LogP contribution is 2.39. The molecule has 0 unspecified atom stereocenters. The van der Waals surface area contributed by atoms with E-state index in [1.54, 1.807) is 11.1 Å². The van der Waals surface area contributed by atoms with E-state index in [1.807, 2.05) is 36.1 Å². The van der Waals surface area contributed by atoms with E-state index in [4.69, 9.17) is 23.2 Å². The Morgan fingerprint density at radius 2 is 1.93 bits per heavy atom. The summed E-state index contributed by atoms with van der Waals surface area (Å²) >= 11 is 12.6. The van der Waals surface area contributed by atoms with E-state index in [0.717, 1.165) is 48.4 Å². The van der Waals surface area contributed by atoms with E-state index in [0.29, 0.717) is 16.7 Å². The average molecular weight is 405 g/mol. The van der Waals surface area contributed by atoms with Crippen LogP contribution in [0.4, 0.5) is 16.2 Å². The van der Waals surface area contributed by atoms with Crippen molar-refractivity contribution < 1.29 is 4.79 Å². The summed E-state index contributed by atoms with van der Waals surface area (Å²) in [4.78, 5) is 23.8. The maximum atomic E-state index is 13.6. The van der Waals surface area contributed by atoms with Crippen LogP contribution in [0, 0.1) is 6.92 Å². The quantitative estimate of drug-likeness (QED) is 0.678. The highest BCUT2D eigenvalue weighted by atomic mass is 35.5. The minimum absolute atomic E-state index is 0.0458. The zero-order chi connectivity index (χ0) is 19.1. The SMILES string of the molecule is Cc1cccc(Cl)c1N1Cc2cnc(Cl)cc2N(C2CCN(C)CC2)C1=O. The first-order valence-electron chi connectivity index (χ1n) is 9.14. The molecule has 0 N–H and O–H groups in total. The first-order valence-corrected chi connectivity index (χ1v) is 9.90. The van der Waals surface area contributed by atoms with Crippen LogP contribution < -0.4 is 9.80 Å². The van der Waals surface area contributed by atoms with Gasteiger partial charge in [-0.2, -0.15) is 0 Å². The monoisotopic (exact) mass is 404 g/mol. The van der Waals surface area contributed by atoms with Crippen molar-refractivity contribution in [3.63, 3.8) is 0 Å². The highest BCUT2D eigenvalue weighted by molar-refractivity contribution is 6.34. The third kappa shape index (κ3) is 3.40. The van der Waals surface area contributed by atoms with E-state index in [-0.39, 0.29) is 12.1 Å². The van der Waals surface area contributed by atoms with Crippen molar-refractivity contribution in [3.05, 3.63) is 51.8 Å². The number of carbonyl (C=O) groups excluding carboxylic acids is 1. The van der Waals surface area contributed by atoms with Crippen LogP contribution in [-0.4, -0.2) is 42.1 Å². The van der Waals surface area contributed by atoms with Crippen molar-refractivity contribution in [2.45, 2.75) is 32.4 Å². The van der Waals surface area contributed by atoms with Gasteiger partial charge in [-0.1, -0.05) is 35.3 Å². The summed E-state index contributed by atoms with van der Waals surface area (Å²) in [7, 11) is 2.11. The fourth-order valence-corrected chi connectivity index (χ4v) is 4.49. The number of anilines is 2. The van der Waals surface area contributed by atoms with Crippen molar-refractivity contribution in [2.75, 3.05) is 29.9 Å². The van der Waals surface area contributed by atoms with Gasteiger partial charge >= 0.3 is 6.03 Å². The molecule has 1 aromatic carbocycles. The Morgan fingerprint density at radius 3 is 2.63 bits per heavy atom. The zero-order valence-electron chi connectivity index (χ0n) is 15.5. The molecular weight excluding hydrogens is 383 g/mol. The predicted octanol–water partition coefficient (Wildman–Crippen LogP) is 4.74. The molecule has 1 fully saturated rings. The van der Waals surface area contributed by atoms with Crippen LogP contribution in [-0.2, 0) is 6.54 Å². The fraction of sp³-hybridized carbons (Fsp3) is 0.400. The predicted molar refractivity (Wildman–Crippen MR) is 110 cm³/mol. The Bertz CT molecular complexity index is 860. The van der Waals surface area contributed by atoms with Crippen LogP contribution in [0.2, 0.25) is 10.2 Å². The lowest BCUT2D eigenvalue weighted by Crippen LogP contribution is -2.54. The summed E-state index contributed by atoms with van der Waals surface area (Å²) in [6, 6.07) is 7.60. The molecule has 2 aliphatic heterocycles. The smallest absolute Gasteiger partial charge is 0.306 e. The van der Waals surface area contributed by atoms with Crippen molar-refractivity contribution in [1.82, 2.24) is 9.88 Å². The van der Waals surface area contributed by atoms with Gasteiger partial charge in [-0.05, 0) is 57.6 Å². The number of piperidine rings is 1. The second-order valence-electron chi connectivity index (χ2n) is 7.31. The first-order chi connectivity index (χ1) is 13.0. The number of fused-ring (bicyclic) bond motifs is 1. The largest absolute Gasteiger partial charge is 0.329 e. The molecule has 2 aliphatic rings. The van der Waals surface area contributed by atoms with E-state index in [2.05, 4.69) is 16.9 Å². The van der Waals surface area contributed by atoms with Crippen LogP contribution in [0.1, 0.15) is 24.0 Å². The number of hydrogen-bond acceptors (Lipinski definition) is 3. The van der Waals surface area contributed by atoms with E-state index < -0.39 is 0 Å². The van der Waals surface area contributed by atoms with Crippen molar-refractivity contribution in [2.24, 2.45) is 0 Å². The third-order valence-corrected chi connectivity index (χ3v) is 5.98. The summed E-state index contributed by atoms with van der Waals surface area (Å²) < 4.78 is 0. The summed E-state index contributed by atoms with van der Waals surface area (Å²) in [5.41, 5.74) is 3.60. The second kappa shape index (κ2) is 7.30. The van der Waals surface area contributed by atoms with Crippen LogP contribution in [0.15, 0.2) is 30.5 Å². The van der Waals surface area contributed by atoms with Gasteiger partial charge in [0.1, 0.15) is 5.15 Å². The maximum Gasteiger partial charge on any atom is 0.329 e. The number of aryl methyl sites for hydroxylation is 1. The number of halogens is 2. The van der Waals surface area contributed by atoms with E-state index >= 15 is 0 Å². The van der Waals surface area contributed by atoms with Crippen LogP contribution in [0.5, 0.6) is 0 Å². The Kier molecular flexibility index (Phi) is 5.01. The minimum Gasteiger partial charge on any atom is -0.306 e. The van der Waals surface area contributed by atoms with Gasteiger partial charge in [-0.15, -0.1) is 0 Å². The van der Waals surface area contributed by atoms with Crippen molar-refractivity contribution in [3.8, 4) is 0 Å². The number of carbonyl (C=O) groups is 1. The summed E-state index contributed by atoms with van der Waals surface area (Å²) in [6.07, 6.45) is 3.62. The summed E-state index contributed by atoms with van der Waals surface area (Å²) in [5, 5.41) is 0.985. The molecule has 0 saturated carbocycles. The summed E-state index contributed by atoms with van der Waals surface area (Å²) in [5.74, 6) is 0. The second-order valence-corrected chi connectivity index (χ2v) is 8.11. The number of pyridine rings is 1. The molecule has 2 aromatic rings. The lowest BCUT2D eigenvalue weighted by Gasteiger charge is -2.44. The molecule has 7 heteroatoms. The molecule has 142 valence electrons. The van der Waals surface area contributed by atoms with Crippen LogP contribution in [0.3, 0.4) is 0 Å². The molecule has 0 radical (unpaired) electrons. The van der Waals surface area contributed by atoms with Crippen LogP contribution in [0.25, 0.3) is 0 Å². The molecule has 1 aromatic heterocycles. The normalized spacial score (nSPS) is 18.7. The van der Waals surface area contributed by atoms with Gasteiger partial charge < -0.3 is 4.90 Å². The number of aromatic nitrogens is 1. The highest BCUT2D eigenvalue weighted by Gasteiger charge is 2.38.